The molecule has 0 saturated heterocycles. The second kappa shape index (κ2) is 3.74. The van der Waals surface area contributed by atoms with Crippen molar-refractivity contribution in [3.8, 4) is 5.69 Å². The van der Waals surface area contributed by atoms with Gasteiger partial charge >= 0.3 is 0 Å². The van der Waals surface area contributed by atoms with Crippen molar-refractivity contribution in [2.45, 2.75) is 0 Å². The van der Waals surface area contributed by atoms with Crippen molar-refractivity contribution in [1.29, 1.82) is 0 Å². The minimum atomic E-state index is -0.339. The molecule has 0 radical (unpaired) electrons. The Morgan fingerprint density at radius 1 is 1.29 bits per heavy atom. The number of aromatic amines is 1. The van der Waals surface area contributed by atoms with Crippen LogP contribution in [0, 0.1) is 10.5 Å². The Morgan fingerprint density at radius 2 is 2.12 bits per heavy atom. The number of hydrogen-bond acceptors (Lipinski definition) is 3. The van der Waals surface area contributed by atoms with Crippen LogP contribution >= 0.6 is 12.2 Å². The van der Waals surface area contributed by atoms with Crippen LogP contribution in [0.5, 0.6) is 0 Å². The zero-order valence-electron chi connectivity index (χ0n) is 8.59. The van der Waals surface area contributed by atoms with Gasteiger partial charge in [-0.15, -0.1) is 0 Å². The summed E-state index contributed by atoms with van der Waals surface area (Å²) < 4.78 is 15.6. The maximum absolute atomic E-state index is 13.7. The fourth-order valence-corrected chi connectivity index (χ4v) is 1.87. The quantitative estimate of drug-likeness (QED) is 0.671. The molecule has 4 nitrogen and oxygen atoms in total. The third-order valence-electron chi connectivity index (χ3n) is 2.46. The van der Waals surface area contributed by atoms with Crippen LogP contribution in [0.15, 0.2) is 36.8 Å². The Labute approximate surface area is 101 Å². The molecule has 0 aliphatic carbocycles. The van der Waals surface area contributed by atoms with Crippen LogP contribution < -0.4 is 0 Å². The average molecular weight is 246 g/mol. The van der Waals surface area contributed by atoms with E-state index in [1.165, 1.54) is 17.1 Å². The van der Waals surface area contributed by atoms with Crippen LogP contribution in [0.1, 0.15) is 0 Å². The van der Waals surface area contributed by atoms with Crippen molar-refractivity contribution >= 4 is 23.3 Å². The molecule has 0 aliphatic rings. The van der Waals surface area contributed by atoms with E-state index >= 15 is 0 Å². The molecule has 0 fully saturated rings. The van der Waals surface area contributed by atoms with Crippen LogP contribution in [0.25, 0.3) is 16.7 Å². The van der Waals surface area contributed by atoms with Gasteiger partial charge in [-0.25, -0.2) is 14.1 Å². The predicted octanol–water partition coefficient (Wildman–Crippen LogP) is 2.62. The molecule has 0 amide bonds. The summed E-state index contributed by atoms with van der Waals surface area (Å²) in [5.74, 6) is -0.339. The summed E-state index contributed by atoms with van der Waals surface area (Å²) in [7, 11) is 0. The maximum atomic E-state index is 13.7. The van der Waals surface area contributed by atoms with Crippen molar-refractivity contribution < 1.29 is 4.39 Å². The van der Waals surface area contributed by atoms with Gasteiger partial charge in [-0.2, -0.15) is 5.10 Å². The molecule has 6 heteroatoms. The topological polar surface area (TPSA) is 46.5 Å². The highest BCUT2D eigenvalue weighted by molar-refractivity contribution is 7.71. The smallest absolute Gasteiger partial charge is 0.148 e. The van der Waals surface area contributed by atoms with E-state index < -0.39 is 0 Å². The largest absolute Gasteiger partial charge is 0.330 e. The molecule has 2 aromatic heterocycles. The number of rotatable bonds is 1. The minimum absolute atomic E-state index is 0.339. The Hall–Kier alpha value is -2.08. The highest BCUT2D eigenvalue weighted by Crippen LogP contribution is 2.18. The molecular weight excluding hydrogens is 239 g/mol. The molecule has 0 atom stereocenters. The van der Waals surface area contributed by atoms with E-state index in [9.17, 15) is 4.39 Å². The number of aromatic nitrogens is 4. The van der Waals surface area contributed by atoms with Gasteiger partial charge in [0.25, 0.3) is 0 Å². The summed E-state index contributed by atoms with van der Waals surface area (Å²) in [5.41, 5.74) is 1.01. The number of fused-ring (bicyclic) bond motifs is 1. The Bertz CT molecular complexity index is 746. The number of nitrogens with one attached hydrogen (secondary N) is 1. The monoisotopic (exact) mass is 246 g/mol. The van der Waals surface area contributed by atoms with E-state index in [1.54, 1.807) is 24.4 Å². The maximum Gasteiger partial charge on any atom is 0.148 e. The molecule has 3 rings (SSSR count). The fourth-order valence-electron chi connectivity index (χ4n) is 1.67. The molecular formula is C11H7FN4S. The SMILES string of the molecule is Fc1ccccc1-n1ncc2c(=S)nc[nH]c21. The lowest BCUT2D eigenvalue weighted by atomic mass is 10.3. The van der Waals surface area contributed by atoms with Gasteiger partial charge in [0, 0.05) is 0 Å². The third kappa shape index (κ3) is 1.53. The number of para-hydroxylation sites is 1. The number of hydrogen-bond donors (Lipinski definition) is 1. The van der Waals surface area contributed by atoms with Crippen molar-refractivity contribution in [3.05, 3.63) is 47.2 Å². The van der Waals surface area contributed by atoms with Gasteiger partial charge in [-0.1, -0.05) is 24.4 Å². The number of H-pyrrole nitrogens is 1. The molecule has 1 aromatic carbocycles. The molecule has 3 aromatic rings. The number of benzene rings is 1. The normalized spacial score (nSPS) is 10.9. The Morgan fingerprint density at radius 3 is 2.94 bits per heavy atom. The van der Waals surface area contributed by atoms with E-state index in [2.05, 4.69) is 15.1 Å². The Balaban J connectivity index is 2.36. The third-order valence-corrected chi connectivity index (χ3v) is 2.79. The van der Waals surface area contributed by atoms with E-state index in [1.807, 2.05) is 0 Å². The van der Waals surface area contributed by atoms with Crippen molar-refractivity contribution in [1.82, 2.24) is 19.7 Å². The molecule has 0 spiro atoms. The van der Waals surface area contributed by atoms with E-state index in [0.717, 1.165) is 0 Å². The van der Waals surface area contributed by atoms with E-state index in [4.69, 9.17) is 12.2 Å². The Kier molecular flexibility index (Phi) is 2.22. The molecule has 0 bridgehead atoms. The van der Waals surface area contributed by atoms with Crippen molar-refractivity contribution in [3.63, 3.8) is 0 Å². The number of halogens is 1. The van der Waals surface area contributed by atoms with Gasteiger partial charge in [-0.3, -0.25) is 0 Å². The molecule has 1 N–H and O–H groups in total. The van der Waals surface area contributed by atoms with Crippen LogP contribution in [0.2, 0.25) is 0 Å². The predicted molar refractivity (Wildman–Crippen MR) is 64.0 cm³/mol. The molecule has 0 saturated carbocycles. The average Bonchev–Trinajstić information content (AvgIpc) is 2.75. The van der Waals surface area contributed by atoms with Gasteiger partial charge < -0.3 is 4.98 Å². The van der Waals surface area contributed by atoms with Crippen LogP contribution in [-0.4, -0.2) is 19.7 Å². The van der Waals surface area contributed by atoms with Gasteiger partial charge in [0.15, 0.2) is 0 Å². The van der Waals surface area contributed by atoms with E-state index in [-0.39, 0.29) is 5.82 Å². The lowest BCUT2D eigenvalue weighted by Crippen LogP contribution is -2.00. The lowest BCUT2D eigenvalue weighted by molar-refractivity contribution is 0.612. The van der Waals surface area contributed by atoms with Gasteiger partial charge in [0.05, 0.1) is 17.9 Å². The summed E-state index contributed by atoms with van der Waals surface area (Å²) in [6, 6.07) is 6.42. The van der Waals surface area contributed by atoms with Gasteiger partial charge in [0.2, 0.25) is 0 Å². The molecule has 0 unspecified atom stereocenters. The summed E-state index contributed by atoms with van der Waals surface area (Å²) in [6.45, 7) is 0. The first kappa shape index (κ1) is 10.1. The molecule has 17 heavy (non-hydrogen) atoms. The summed E-state index contributed by atoms with van der Waals surface area (Å²) in [6.07, 6.45) is 3.05. The highest BCUT2D eigenvalue weighted by atomic mass is 32.1. The second-order valence-electron chi connectivity index (χ2n) is 3.48. The lowest BCUT2D eigenvalue weighted by Gasteiger charge is -2.03. The highest BCUT2D eigenvalue weighted by Gasteiger charge is 2.09. The summed E-state index contributed by atoms with van der Waals surface area (Å²) in [5, 5.41) is 4.83. The standard InChI is InChI=1S/C11H7FN4S/c12-8-3-1-2-4-9(8)16-10-7(5-15-16)11(17)14-6-13-10/h1-6H,(H,13,14,17). The molecule has 0 aliphatic heterocycles. The molecule has 2 heterocycles. The second-order valence-corrected chi connectivity index (χ2v) is 3.86. The zero-order chi connectivity index (χ0) is 11.8. The van der Waals surface area contributed by atoms with Crippen LogP contribution in [0.3, 0.4) is 0 Å². The van der Waals surface area contributed by atoms with Crippen LogP contribution in [0.4, 0.5) is 4.39 Å². The summed E-state index contributed by atoms with van der Waals surface area (Å²) >= 11 is 5.07. The minimum Gasteiger partial charge on any atom is -0.330 e. The first-order chi connectivity index (χ1) is 8.27. The van der Waals surface area contributed by atoms with Gasteiger partial charge in [-0.05, 0) is 12.1 Å². The van der Waals surface area contributed by atoms with E-state index in [0.29, 0.717) is 21.4 Å². The summed E-state index contributed by atoms with van der Waals surface area (Å²) in [4.78, 5) is 6.87. The van der Waals surface area contributed by atoms with Crippen molar-refractivity contribution in [2.24, 2.45) is 0 Å². The zero-order valence-corrected chi connectivity index (χ0v) is 9.41. The molecule has 84 valence electrons. The first-order valence-corrected chi connectivity index (χ1v) is 5.34. The number of nitrogens with zero attached hydrogens (tertiary/aromatic N) is 3. The first-order valence-electron chi connectivity index (χ1n) is 4.94. The van der Waals surface area contributed by atoms with Gasteiger partial charge in [0.1, 0.15) is 21.8 Å². The van der Waals surface area contributed by atoms with Crippen LogP contribution in [-0.2, 0) is 0 Å². The van der Waals surface area contributed by atoms with Crippen molar-refractivity contribution in [2.75, 3.05) is 0 Å². The fraction of sp³-hybridized carbons (Fsp3) is 0.